The van der Waals surface area contributed by atoms with Gasteiger partial charge in [0.1, 0.15) is 0 Å². The molecule has 3 aromatic heterocycles. The number of fused-ring (bicyclic) bond motifs is 7. The number of H-pyrrole nitrogens is 2. The Morgan fingerprint density at radius 2 is 1.41 bits per heavy atom. The van der Waals surface area contributed by atoms with Crippen LogP contribution in [0.25, 0.3) is 55.0 Å². The summed E-state index contributed by atoms with van der Waals surface area (Å²) in [6, 6.07) is 25.1. The normalized spacial score (nSPS) is 11.9. The standard InChI is InChI=1S/C23H14BrN3/c24-14-7-5-6-13(12-14)20-22-19(15-8-1-3-10-17(15)25-22)23-21(27-20)16-9-2-4-11-18(16)26-23/h1-12,25-26H. The van der Waals surface area contributed by atoms with Crippen molar-refractivity contribution in [2.24, 2.45) is 0 Å². The van der Waals surface area contributed by atoms with Gasteiger partial charge in [-0.3, -0.25) is 0 Å². The van der Waals surface area contributed by atoms with Crippen molar-refractivity contribution in [3.63, 3.8) is 0 Å². The Bertz CT molecular complexity index is 1490. The highest BCUT2D eigenvalue weighted by Crippen LogP contribution is 2.39. The van der Waals surface area contributed by atoms with Gasteiger partial charge in [-0.1, -0.05) is 64.5 Å². The minimum atomic E-state index is 0.972. The van der Waals surface area contributed by atoms with Crippen molar-refractivity contribution >= 4 is 59.7 Å². The predicted molar refractivity (Wildman–Crippen MR) is 116 cm³/mol. The molecule has 0 fully saturated rings. The second-order valence-electron chi connectivity index (χ2n) is 6.79. The lowest BCUT2D eigenvalue weighted by Crippen LogP contribution is -1.88. The maximum absolute atomic E-state index is 5.11. The lowest BCUT2D eigenvalue weighted by Gasteiger charge is -2.05. The van der Waals surface area contributed by atoms with Crippen LogP contribution in [0.15, 0.2) is 77.3 Å². The molecule has 27 heavy (non-hydrogen) atoms. The molecule has 0 spiro atoms. The number of aromatic nitrogens is 3. The van der Waals surface area contributed by atoms with Crippen LogP contribution in [0, 0.1) is 0 Å². The number of nitrogens with zero attached hydrogens (tertiary/aromatic N) is 1. The van der Waals surface area contributed by atoms with Crippen LogP contribution in [-0.2, 0) is 0 Å². The first-order chi connectivity index (χ1) is 13.3. The van der Waals surface area contributed by atoms with Crippen LogP contribution in [0.3, 0.4) is 0 Å². The lowest BCUT2D eigenvalue weighted by molar-refractivity contribution is 1.40. The maximum atomic E-state index is 5.11. The highest BCUT2D eigenvalue weighted by Gasteiger charge is 2.18. The van der Waals surface area contributed by atoms with Crippen molar-refractivity contribution in [2.75, 3.05) is 0 Å². The number of rotatable bonds is 1. The molecule has 0 saturated heterocycles. The van der Waals surface area contributed by atoms with Crippen LogP contribution in [0.2, 0.25) is 0 Å². The van der Waals surface area contributed by atoms with E-state index >= 15 is 0 Å². The van der Waals surface area contributed by atoms with Gasteiger partial charge in [-0.2, -0.15) is 0 Å². The molecule has 0 aliphatic heterocycles. The smallest absolute Gasteiger partial charge is 0.0973 e. The van der Waals surface area contributed by atoms with Crippen LogP contribution < -0.4 is 0 Å². The van der Waals surface area contributed by atoms with Gasteiger partial charge >= 0.3 is 0 Å². The predicted octanol–water partition coefficient (Wildman–Crippen LogP) is 6.78. The van der Waals surface area contributed by atoms with Gasteiger partial charge in [-0.25, -0.2) is 4.98 Å². The Balaban J connectivity index is 1.90. The summed E-state index contributed by atoms with van der Waals surface area (Å²) >= 11 is 3.60. The number of aromatic amines is 2. The Hall–Kier alpha value is -3.11. The van der Waals surface area contributed by atoms with E-state index in [2.05, 4.69) is 92.6 Å². The van der Waals surface area contributed by atoms with Crippen molar-refractivity contribution in [3.05, 3.63) is 77.3 Å². The van der Waals surface area contributed by atoms with E-state index in [-0.39, 0.29) is 0 Å². The molecule has 4 heteroatoms. The van der Waals surface area contributed by atoms with Crippen molar-refractivity contribution in [1.82, 2.24) is 15.0 Å². The number of halogens is 1. The molecule has 6 aromatic rings. The fourth-order valence-corrected chi connectivity index (χ4v) is 4.42. The topological polar surface area (TPSA) is 44.5 Å². The van der Waals surface area contributed by atoms with Gasteiger partial charge < -0.3 is 9.97 Å². The van der Waals surface area contributed by atoms with Gasteiger partial charge in [0.05, 0.1) is 22.2 Å². The monoisotopic (exact) mass is 411 g/mol. The second-order valence-corrected chi connectivity index (χ2v) is 7.70. The van der Waals surface area contributed by atoms with Crippen molar-refractivity contribution in [2.45, 2.75) is 0 Å². The molecule has 0 unspecified atom stereocenters. The van der Waals surface area contributed by atoms with Crippen LogP contribution in [-0.4, -0.2) is 15.0 Å². The average molecular weight is 412 g/mol. The van der Waals surface area contributed by atoms with Gasteiger partial charge in [0, 0.05) is 37.2 Å². The van der Waals surface area contributed by atoms with Crippen LogP contribution in [0.1, 0.15) is 0 Å². The summed E-state index contributed by atoms with van der Waals surface area (Å²) in [5.74, 6) is 0. The first-order valence-corrected chi connectivity index (χ1v) is 9.66. The number of hydrogen-bond donors (Lipinski definition) is 2. The Morgan fingerprint density at radius 1 is 0.704 bits per heavy atom. The maximum Gasteiger partial charge on any atom is 0.0973 e. The van der Waals surface area contributed by atoms with E-state index < -0.39 is 0 Å². The second kappa shape index (κ2) is 5.44. The quantitative estimate of drug-likeness (QED) is 0.307. The third kappa shape index (κ3) is 2.10. The highest BCUT2D eigenvalue weighted by molar-refractivity contribution is 9.10. The molecule has 128 valence electrons. The number of para-hydroxylation sites is 2. The van der Waals surface area contributed by atoms with E-state index in [1.165, 1.54) is 10.8 Å². The molecular formula is C23H14BrN3. The fraction of sp³-hybridized carbons (Fsp3) is 0. The SMILES string of the molecule is Brc1cccc(-c2nc3c4ccccc4[nH]c3c3c2[nH]c2ccccc23)c1. The minimum Gasteiger partial charge on any atom is -0.353 e. The number of hydrogen-bond acceptors (Lipinski definition) is 1. The third-order valence-electron chi connectivity index (χ3n) is 5.19. The zero-order chi connectivity index (χ0) is 18.0. The molecule has 3 nitrogen and oxygen atoms in total. The summed E-state index contributed by atoms with van der Waals surface area (Å²) in [6.07, 6.45) is 0. The van der Waals surface area contributed by atoms with Crippen LogP contribution >= 0.6 is 15.9 Å². The fourth-order valence-electron chi connectivity index (χ4n) is 4.02. The van der Waals surface area contributed by atoms with Gasteiger partial charge in [0.15, 0.2) is 0 Å². The summed E-state index contributed by atoms with van der Waals surface area (Å²) in [6.45, 7) is 0. The molecule has 0 bridgehead atoms. The third-order valence-corrected chi connectivity index (χ3v) is 5.69. The lowest BCUT2D eigenvalue weighted by atomic mass is 10.1. The minimum absolute atomic E-state index is 0.972. The van der Waals surface area contributed by atoms with E-state index in [9.17, 15) is 0 Å². The molecule has 3 aromatic carbocycles. The first kappa shape index (κ1) is 15.0. The van der Waals surface area contributed by atoms with E-state index in [0.717, 1.165) is 48.7 Å². The molecule has 6 rings (SSSR count). The van der Waals surface area contributed by atoms with E-state index in [0.29, 0.717) is 0 Å². The summed E-state index contributed by atoms with van der Waals surface area (Å²) in [4.78, 5) is 12.3. The molecule has 2 N–H and O–H groups in total. The molecule has 0 aliphatic carbocycles. The van der Waals surface area contributed by atoms with Crippen LogP contribution in [0.4, 0.5) is 0 Å². The molecule has 0 radical (unpaired) electrons. The number of pyridine rings is 1. The molecular weight excluding hydrogens is 398 g/mol. The molecule has 3 heterocycles. The Morgan fingerprint density at radius 3 is 2.22 bits per heavy atom. The van der Waals surface area contributed by atoms with E-state index in [4.69, 9.17) is 4.98 Å². The summed E-state index contributed by atoms with van der Waals surface area (Å²) in [7, 11) is 0. The zero-order valence-corrected chi connectivity index (χ0v) is 15.8. The van der Waals surface area contributed by atoms with E-state index in [1.54, 1.807) is 0 Å². The Labute approximate surface area is 163 Å². The summed E-state index contributed by atoms with van der Waals surface area (Å²) < 4.78 is 1.05. The number of nitrogens with one attached hydrogen (secondary N) is 2. The van der Waals surface area contributed by atoms with Gasteiger partial charge in [-0.15, -0.1) is 0 Å². The molecule has 0 saturated carbocycles. The van der Waals surface area contributed by atoms with Gasteiger partial charge in [0.2, 0.25) is 0 Å². The van der Waals surface area contributed by atoms with Crippen LogP contribution in [0.5, 0.6) is 0 Å². The summed E-state index contributed by atoms with van der Waals surface area (Å²) in [5.41, 5.74) is 7.45. The number of benzene rings is 3. The molecule has 0 atom stereocenters. The molecule has 0 amide bonds. The zero-order valence-electron chi connectivity index (χ0n) is 14.3. The van der Waals surface area contributed by atoms with Gasteiger partial charge in [-0.05, 0) is 24.3 Å². The van der Waals surface area contributed by atoms with Gasteiger partial charge in [0.25, 0.3) is 0 Å². The average Bonchev–Trinajstić information content (AvgIpc) is 3.25. The van der Waals surface area contributed by atoms with E-state index in [1.807, 2.05) is 6.07 Å². The first-order valence-electron chi connectivity index (χ1n) is 8.86. The van der Waals surface area contributed by atoms with Crippen molar-refractivity contribution in [1.29, 1.82) is 0 Å². The highest BCUT2D eigenvalue weighted by atomic mass is 79.9. The van der Waals surface area contributed by atoms with Crippen molar-refractivity contribution < 1.29 is 0 Å². The summed E-state index contributed by atoms with van der Waals surface area (Å²) in [5, 5.41) is 3.56. The largest absolute Gasteiger partial charge is 0.353 e. The van der Waals surface area contributed by atoms with Crippen molar-refractivity contribution in [3.8, 4) is 11.3 Å². The Kier molecular flexibility index (Phi) is 3.02. The molecule has 0 aliphatic rings.